The maximum Gasteiger partial charge on any atom is 0.293 e. The second-order valence-corrected chi connectivity index (χ2v) is 11.9. The fourth-order valence-electron chi connectivity index (χ4n) is 5.45. The smallest absolute Gasteiger partial charge is 0.293 e. The molecule has 0 saturated carbocycles. The molecule has 210 valence electrons. The van der Waals surface area contributed by atoms with Crippen LogP contribution in [0, 0.1) is 5.92 Å². The summed E-state index contributed by atoms with van der Waals surface area (Å²) in [5.41, 5.74) is 2.44. The molecule has 2 N–H and O–H groups in total. The van der Waals surface area contributed by atoms with Crippen LogP contribution in [0.4, 0.5) is 32.1 Å². The third-order valence-electron chi connectivity index (χ3n) is 7.40. The molecule has 2 aliphatic heterocycles. The van der Waals surface area contributed by atoms with Crippen LogP contribution >= 0.6 is 11.8 Å². The normalized spacial score (nSPS) is 21.4. The zero-order valence-electron chi connectivity index (χ0n) is 22.8. The molecule has 4 heterocycles. The Morgan fingerprint density at radius 2 is 1.92 bits per heavy atom. The lowest BCUT2D eigenvalue weighted by Crippen LogP contribution is -2.60. The molecular weight excluding hydrogens is 522 g/mol. The predicted octanol–water partition coefficient (Wildman–Crippen LogP) is 4.91. The molecule has 0 aliphatic carbocycles. The number of nitrogens with one attached hydrogen (secondary N) is 1. The third kappa shape index (κ3) is 5.76. The molecule has 5 rings (SSSR count). The first kappa shape index (κ1) is 27.8. The number of rotatable bonds is 9. The van der Waals surface area contributed by atoms with Gasteiger partial charge in [-0.25, -0.2) is 18.7 Å². The lowest BCUT2D eigenvalue weighted by atomic mass is 9.93. The van der Waals surface area contributed by atoms with E-state index in [4.69, 9.17) is 4.74 Å². The summed E-state index contributed by atoms with van der Waals surface area (Å²) in [6, 6.07) is 8.11. The second-order valence-electron chi connectivity index (χ2n) is 10.6. The molecule has 0 radical (unpaired) electrons. The van der Waals surface area contributed by atoms with Gasteiger partial charge in [0.1, 0.15) is 23.8 Å². The summed E-state index contributed by atoms with van der Waals surface area (Å²) < 4.78 is 33.9. The predicted molar refractivity (Wildman–Crippen MR) is 154 cm³/mol. The van der Waals surface area contributed by atoms with E-state index >= 15 is 0 Å². The standard InChI is InChI=1S/C28H36F2N6O2S/c1-5-39-15-18-12-35(13-18)22-7-6-19(17(2)3)20-10-25(32-11-21(20)22)33-24-8-9-31-27(34-24)36-14-23(37)26(38-4)28(29,30)16-36/h6-11,17-18,23,26,37H,5,12-16H2,1-4H3,(H,31,32,33,34). The molecule has 0 amide bonds. The van der Waals surface area contributed by atoms with E-state index in [9.17, 15) is 13.9 Å². The largest absolute Gasteiger partial charge is 0.388 e. The number of aliphatic hydroxyl groups excluding tert-OH is 1. The highest BCUT2D eigenvalue weighted by molar-refractivity contribution is 7.99. The summed E-state index contributed by atoms with van der Waals surface area (Å²) in [6.07, 6.45) is 0.487. The van der Waals surface area contributed by atoms with Crippen LogP contribution in [0.25, 0.3) is 10.8 Å². The molecule has 11 heteroatoms. The highest BCUT2D eigenvalue weighted by Crippen LogP contribution is 2.37. The van der Waals surface area contributed by atoms with Crippen molar-refractivity contribution in [1.82, 2.24) is 15.0 Å². The minimum atomic E-state index is -3.24. The number of pyridine rings is 1. The van der Waals surface area contributed by atoms with Crippen molar-refractivity contribution in [3.05, 3.63) is 42.2 Å². The topological polar surface area (TPSA) is 86.6 Å². The lowest BCUT2D eigenvalue weighted by molar-refractivity contribution is -0.171. The molecule has 2 aliphatic rings. The van der Waals surface area contributed by atoms with Crippen molar-refractivity contribution in [3.8, 4) is 0 Å². The Kier molecular flexibility index (Phi) is 8.11. The Morgan fingerprint density at radius 3 is 2.62 bits per heavy atom. The minimum absolute atomic E-state index is 0.0548. The number of aromatic nitrogens is 3. The number of fused-ring (bicyclic) bond motifs is 1. The number of piperidine rings is 1. The minimum Gasteiger partial charge on any atom is -0.388 e. The van der Waals surface area contributed by atoms with Crippen molar-refractivity contribution in [3.63, 3.8) is 0 Å². The fraction of sp³-hybridized carbons (Fsp3) is 0.536. The van der Waals surface area contributed by atoms with Gasteiger partial charge >= 0.3 is 0 Å². The number of anilines is 4. The van der Waals surface area contributed by atoms with E-state index in [-0.39, 0.29) is 12.5 Å². The number of hydrogen-bond acceptors (Lipinski definition) is 9. The number of halogens is 2. The molecular formula is C28H36F2N6O2S. The summed E-state index contributed by atoms with van der Waals surface area (Å²) in [4.78, 5) is 17.0. The molecule has 8 nitrogen and oxygen atoms in total. The van der Waals surface area contributed by atoms with E-state index in [1.54, 1.807) is 6.07 Å². The molecule has 0 bridgehead atoms. The average molecular weight is 559 g/mol. The zero-order valence-corrected chi connectivity index (χ0v) is 23.6. The molecule has 39 heavy (non-hydrogen) atoms. The molecule has 2 unspecified atom stereocenters. The van der Waals surface area contributed by atoms with Crippen molar-refractivity contribution in [2.45, 2.75) is 44.8 Å². The number of nitrogens with zero attached hydrogens (tertiary/aromatic N) is 5. The van der Waals surface area contributed by atoms with E-state index in [1.807, 2.05) is 24.0 Å². The Hall–Kier alpha value is -2.76. The SMILES string of the molecule is CCSCC1CN(c2ccc(C(C)C)c3cc(Nc4ccnc(N5CC(O)C(OC)C(F)(F)C5)n4)ncc23)C1. The molecule has 2 fully saturated rings. The Labute approximate surface area is 232 Å². The van der Waals surface area contributed by atoms with Crippen LogP contribution in [0.15, 0.2) is 36.7 Å². The number of β-amino-alcohol motifs (C(OH)–C–C–N with tert-alkyl or cyclic N) is 1. The van der Waals surface area contributed by atoms with Crippen LogP contribution in [-0.4, -0.2) is 83.0 Å². The third-order valence-corrected chi connectivity index (χ3v) is 8.52. The van der Waals surface area contributed by atoms with Gasteiger partial charge in [0.05, 0.1) is 6.54 Å². The van der Waals surface area contributed by atoms with Crippen molar-refractivity contribution >= 4 is 45.8 Å². The van der Waals surface area contributed by atoms with Crippen LogP contribution < -0.4 is 15.1 Å². The highest BCUT2D eigenvalue weighted by Gasteiger charge is 2.50. The summed E-state index contributed by atoms with van der Waals surface area (Å²) in [7, 11) is 1.18. The molecule has 2 saturated heterocycles. The number of aliphatic hydroxyl groups is 1. The van der Waals surface area contributed by atoms with Gasteiger partial charge in [0.25, 0.3) is 5.92 Å². The average Bonchev–Trinajstić information content (AvgIpc) is 2.87. The molecule has 2 aromatic heterocycles. The number of methoxy groups -OCH3 is 1. The Bertz CT molecular complexity index is 1310. The monoisotopic (exact) mass is 558 g/mol. The first-order chi connectivity index (χ1) is 18.7. The fourth-order valence-corrected chi connectivity index (χ4v) is 6.23. The Balaban J connectivity index is 1.38. The lowest BCUT2D eigenvalue weighted by Gasteiger charge is -2.41. The van der Waals surface area contributed by atoms with Gasteiger partial charge in [-0.15, -0.1) is 0 Å². The maximum atomic E-state index is 14.5. The first-order valence-electron chi connectivity index (χ1n) is 13.4. The van der Waals surface area contributed by atoms with E-state index in [0.717, 1.165) is 35.5 Å². The number of alkyl halides is 2. The highest BCUT2D eigenvalue weighted by atomic mass is 32.2. The summed E-state index contributed by atoms with van der Waals surface area (Å²) in [6.45, 7) is 7.97. The molecule has 3 aromatic rings. The van der Waals surface area contributed by atoms with Gasteiger partial charge in [0.2, 0.25) is 5.95 Å². The van der Waals surface area contributed by atoms with Gasteiger partial charge < -0.3 is 25.0 Å². The number of benzene rings is 1. The Morgan fingerprint density at radius 1 is 1.13 bits per heavy atom. The first-order valence-corrected chi connectivity index (χ1v) is 14.5. The number of ether oxygens (including phenoxy) is 1. The van der Waals surface area contributed by atoms with Gasteiger partial charge in [-0.05, 0) is 46.6 Å². The molecule has 1 aromatic carbocycles. The van der Waals surface area contributed by atoms with Crippen molar-refractivity contribution in [2.75, 3.05) is 59.9 Å². The summed E-state index contributed by atoms with van der Waals surface area (Å²) in [5, 5.41) is 15.7. The number of thioether (sulfide) groups is 1. The molecule has 2 atom stereocenters. The van der Waals surface area contributed by atoms with Gasteiger partial charge in [-0.3, -0.25) is 0 Å². The second kappa shape index (κ2) is 11.4. The van der Waals surface area contributed by atoms with Crippen LogP contribution in [0.1, 0.15) is 32.3 Å². The van der Waals surface area contributed by atoms with E-state index in [0.29, 0.717) is 17.6 Å². The van der Waals surface area contributed by atoms with Crippen molar-refractivity contribution in [2.24, 2.45) is 5.92 Å². The van der Waals surface area contributed by atoms with Crippen LogP contribution in [-0.2, 0) is 4.74 Å². The number of hydrogen-bond donors (Lipinski definition) is 2. The van der Waals surface area contributed by atoms with Crippen LogP contribution in [0.5, 0.6) is 0 Å². The van der Waals surface area contributed by atoms with Crippen molar-refractivity contribution < 1.29 is 18.6 Å². The van der Waals surface area contributed by atoms with E-state index in [2.05, 4.69) is 58.1 Å². The van der Waals surface area contributed by atoms with E-state index in [1.165, 1.54) is 35.2 Å². The van der Waals surface area contributed by atoms with E-state index < -0.39 is 24.7 Å². The molecule has 0 spiro atoms. The van der Waals surface area contributed by atoms with Gasteiger partial charge in [0, 0.05) is 56.1 Å². The van der Waals surface area contributed by atoms with Gasteiger partial charge in [0.15, 0.2) is 0 Å². The maximum absolute atomic E-state index is 14.5. The van der Waals surface area contributed by atoms with Crippen molar-refractivity contribution in [1.29, 1.82) is 0 Å². The van der Waals surface area contributed by atoms with Crippen LogP contribution in [0.2, 0.25) is 0 Å². The van der Waals surface area contributed by atoms with Crippen LogP contribution in [0.3, 0.4) is 0 Å². The zero-order chi connectivity index (χ0) is 27.7. The van der Waals surface area contributed by atoms with Gasteiger partial charge in [-0.2, -0.15) is 16.7 Å². The summed E-state index contributed by atoms with van der Waals surface area (Å²) in [5.74, 6) is 1.30. The summed E-state index contributed by atoms with van der Waals surface area (Å²) >= 11 is 2.00. The van der Waals surface area contributed by atoms with Gasteiger partial charge in [-0.1, -0.05) is 26.8 Å². The quantitative estimate of drug-likeness (QED) is 0.380.